The van der Waals surface area contributed by atoms with Crippen molar-refractivity contribution in [3.8, 4) is 11.5 Å². The maximum atomic E-state index is 9.66. The largest absolute Gasteiger partial charge is 0.504 e. The quantitative estimate of drug-likeness (QED) is 0.722. The summed E-state index contributed by atoms with van der Waals surface area (Å²) >= 11 is 1.80. The predicted octanol–water partition coefficient (Wildman–Crippen LogP) is 3.52. The molecule has 5 heteroatoms. The summed E-state index contributed by atoms with van der Waals surface area (Å²) in [4.78, 5) is 1.42. The van der Waals surface area contributed by atoms with E-state index in [1.165, 1.54) is 10.4 Å². The molecule has 0 radical (unpaired) electrons. The van der Waals surface area contributed by atoms with Crippen LogP contribution >= 0.6 is 28.3 Å². The van der Waals surface area contributed by atoms with Gasteiger partial charge in [0.1, 0.15) is 0 Å². The molecule has 1 aliphatic rings. The van der Waals surface area contributed by atoms with Crippen molar-refractivity contribution in [2.24, 2.45) is 0 Å². The Kier molecular flexibility index (Phi) is 4.73. The van der Waals surface area contributed by atoms with Gasteiger partial charge in [-0.15, -0.1) is 28.3 Å². The van der Waals surface area contributed by atoms with E-state index in [1.807, 2.05) is 6.07 Å². The Balaban J connectivity index is 0.00000147. The number of aryl methyl sites for hydroxylation is 1. The number of phenolic OH excluding ortho intramolecular Hbond substituents is 2. The molecule has 2 aromatic rings. The highest BCUT2D eigenvalue weighted by molar-refractivity contribution is 8.93. The van der Waals surface area contributed by atoms with Crippen LogP contribution in [-0.4, -0.2) is 23.3 Å². The Morgan fingerprint density at radius 1 is 1.10 bits per heavy atom. The van der Waals surface area contributed by atoms with Gasteiger partial charge in [0, 0.05) is 29.8 Å². The second-order valence-electron chi connectivity index (χ2n) is 5.09. The van der Waals surface area contributed by atoms with Crippen LogP contribution in [0.1, 0.15) is 27.8 Å². The fraction of sp³-hybridized carbons (Fsp3) is 0.333. The molecule has 0 spiro atoms. The molecule has 3 N–H and O–H groups in total. The van der Waals surface area contributed by atoms with Crippen LogP contribution < -0.4 is 5.32 Å². The highest BCUT2D eigenvalue weighted by Crippen LogP contribution is 2.41. The Labute approximate surface area is 133 Å². The summed E-state index contributed by atoms with van der Waals surface area (Å²) in [6.07, 6.45) is 0. The van der Waals surface area contributed by atoms with Gasteiger partial charge in [0.15, 0.2) is 11.5 Å². The molecule has 20 heavy (non-hydrogen) atoms. The molecule has 3 rings (SSSR count). The Morgan fingerprint density at radius 3 is 2.50 bits per heavy atom. The first kappa shape index (κ1) is 15.4. The minimum Gasteiger partial charge on any atom is -0.504 e. The molecule has 1 aromatic carbocycles. The van der Waals surface area contributed by atoms with Gasteiger partial charge in [0.2, 0.25) is 0 Å². The van der Waals surface area contributed by atoms with Gasteiger partial charge in [-0.25, -0.2) is 0 Å². The molecular weight excluding hydrogens is 338 g/mol. The van der Waals surface area contributed by atoms with Crippen molar-refractivity contribution in [3.63, 3.8) is 0 Å². The molecule has 1 saturated heterocycles. The normalized spacial score (nSPS) is 21.6. The average molecular weight is 356 g/mol. The van der Waals surface area contributed by atoms with Gasteiger partial charge in [-0.1, -0.05) is 6.07 Å². The summed E-state index contributed by atoms with van der Waals surface area (Å²) < 4.78 is 0. The van der Waals surface area contributed by atoms with Gasteiger partial charge < -0.3 is 15.5 Å². The zero-order valence-corrected chi connectivity index (χ0v) is 13.7. The van der Waals surface area contributed by atoms with Crippen LogP contribution in [0.5, 0.6) is 11.5 Å². The SMILES string of the molecule is Br.Cc1ccsc1[C@@H]1CNC[C@H]1c1ccc(O)c(O)c1. The lowest BCUT2D eigenvalue weighted by molar-refractivity contribution is 0.402. The van der Waals surface area contributed by atoms with Gasteiger partial charge in [-0.2, -0.15) is 0 Å². The summed E-state index contributed by atoms with van der Waals surface area (Å²) in [6, 6.07) is 7.32. The number of hydrogen-bond donors (Lipinski definition) is 3. The van der Waals surface area contributed by atoms with Gasteiger partial charge in [0.05, 0.1) is 0 Å². The Hall–Kier alpha value is -1.04. The van der Waals surface area contributed by atoms with E-state index >= 15 is 0 Å². The van der Waals surface area contributed by atoms with Crippen LogP contribution in [-0.2, 0) is 0 Å². The highest BCUT2D eigenvalue weighted by Gasteiger charge is 2.31. The zero-order valence-electron chi connectivity index (χ0n) is 11.2. The lowest BCUT2D eigenvalue weighted by Gasteiger charge is -2.19. The van der Waals surface area contributed by atoms with Crippen LogP contribution in [0.2, 0.25) is 0 Å². The van der Waals surface area contributed by atoms with Crippen molar-refractivity contribution in [2.45, 2.75) is 18.8 Å². The van der Waals surface area contributed by atoms with Gasteiger partial charge >= 0.3 is 0 Å². The molecule has 2 atom stereocenters. The van der Waals surface area contributed by atoms with E-state index < -0.39 is 0 Å². The molecular formula is C15H18BrNO2S. The number of benzene rings is 1. The summed E-state index contributed by atoms with van der Waals surface area (Å²) in [6.45, 7) is 4.02. The van der Waals surface area contributed by atoms with E-state index in [0.717, 1.165) is 18.7 Å². The lowest BCUT2D eigenvalue weighted by Crippen LogP contribution is -2.08. The average Bonchev–Trinajstić information content (AvgIpc) is 3.00. The van der Waals surface area contributed by atoms with Crippen molar-refractivity contribution >= 4 is 28.3 Å². The third-order valence-corrected chi connectivity index (χ3v) is 5.03. The number of hydrogen-bond acceptors (Lipinski definition) is 4. The molecule has 0 aliphatic carbocycles. The Bertz CT molecular complexity index is 599. The van der Waals surface area contributed by atoms with Crippen LogP contribution in [0, 0.1) is 6.92 Å². The minimum absolute atomic E-state index is 0. The van der Waals surface area contributed by atoms with E-state index in [2.05, 4.69) is 23.7 Å². The van der Waals surface area contributed by atoms with Crippen molar-refractivity contribution in [1.29, 1.82) is 0 Å². The van der Waals surface area contributed by atoms with Crippen molar-refractivity contribution in [3.05, 3.63) is 45.6 Å². The maximum Gasteiger partial charge on any atom is 0.157 e. The topological polar surface area (TPSA) is 52.5 Å². The van der Waals surface area contributed by atoms with Gasteiger partial charge in [0.25, 0.3) is 0 Å². The van der Waals surface area contributed by atoms with Crippen molar-refractivity contribution in [1.82, 2.24) is 5.32 Å². The summed E-state index contributed by atoms with van der Waals surface area (Å²) in [5.41, 5.74) is 2.42. The first-order chi connectivity index (χ1) is 9.16. The van der Waals surface area contributed by atoms with E-state index in [-0.39, 0.29) is 28.5 Å². The fourth-order valence-electron chi connectivity index (χ4n) is 2.84. The van der Waals surface area contributed by atoms with Crippen LogP contribution in [0.15, 0.2) is 29.6 Å². The second kappa shape index (κ2) is 6.16. The molecule has 0 bridgehead atoms. The third-order valence-electron chi connectivity index (χ3n) is 3.88. The molecule has 3 nitrogen and oxygen atoms in total. The first-order valence-electron chi connectivity index (χ1n) is 6.43. The first-order valence-corrected chi connectivity index (χ1v) is 7.31. The van der Waals surface area contributed by atoms with E-state index in [0.29, 0.717) is 11.8 Å². The van der Waals surface area contributed by atoms with E-state index in [4.69, 9.17) is 0 Å². The lowest BCUT2D eigenvalue weighted by atomic mass is 9.86. The summed E-state index contributed by atoms with van der Waals surface area (Å²) in [5.74, 6) is 0.706. The number of nitrogens with one attached hydrogen (secondary N) is 1. The van der Waals surface area contributed by atoms with Crippen molar-refractivity contribution in [2.75, 3.05) is 13.1 Å². The van der Waals surface area contributed by atoms with Crippen LogP contribution in [0.4, 0.5) is 0 Å². The van der Waals surface area contributed by atoms with E-state index in [9.17, 15) is 10.2 Å². The number of phenols is 2. The predicted molar refractivity (Wildman–Crippen MR) is 87.5 cm³/mol. The minimum atomic E-state index is -0.0569. The molecule has 1 aromatic heterocycles. The zero-order chi connectivity index (χ0) is 13.4. The van der Waals surface area contributed by atoms with E-state index in [1.54, 1.807) is 23.5 Å². The molecule has 1 aliphatic heterocycles. The summed E-state index contributed by atoms with van der Waals surface area (Å²) in [7, 11) is 0. The maximum absolute atomic E-state index is 9.66. The monoisotopic (exact) mass is 355 g/mol. The third kappa shape index (κ3) is 2.71. The van der Waals surface area contributed by atoms with Gasteiger partial charge in [-0.05, 0) is 41.6 Å². The van der Waals surface area contributed by atoms with Gasteiger partial charge in [-0.3, -0.25) is 0 Å². The van der Waals surface area contributed by atoms with Crippen molar-refractivity contribution < 1.29 is 10.2 Å². The molecule has 0 amide bonds. The molecule has 2 heterocycles. The number of thiophene rings is 1. The van der Waals surface area contributed by atoms with Crippen LogP contribution in [0.3, 0.4) is 0 Å². The summed E-state index contributed by atoms with van der Waals surface area (Å²) in [5, 5.41) is 24.6. The standard InChI is InChI=1S/C15H17NO2S.BrH/c1-9-4-5-19-15(9)12-8-16-7-11(12)10-2-3-13(17)14(18)6-10;/h2-6,11-12,16-18H,7-8H2,1H3;1H/t11-,12+;/m0./s1. The highest BCUT2D eigenvalue weighted by atomic mass is 79.9. The van der Waals surface area contributed by atoms with Crippen LogP contribution in [0.25, 0.3) is 0 Å². The second-order valence-corrected chi connectivity index (χ2v) is 6.03. The molecule has 1 fully saturated rings. The number of halogens is 1. The molecule has 0 unspecified atom stereocenters. The number of aromatic hydroxyl groups is 2. The molecule has 108 valence electrons. The Morgan fingerprint density at radius 2 is 1.85 bits per heavy atom. The molecule has 0 saturated carbocycles. The fourth-order valence-corrected chi connectivity index (χ4v) is 3.93. The smallest absolute Gasteiger partial charge is 0.157 e. The number of rotatable bonds is 2.